The van der Waals surface area contributed by atoms with Crippen molar-refractivity contribution in [3.8, 4) is 0 Å². The predicted octanol–water partition coefficient (Wildman–Crippen LogP) is 2.34. The van der Waals surface area contributed by atoms with Gasteiger partial charge in [-0.1, -0.05) is 23.8 Å². The number of nitrogens with zero attached hydrogens (tertiary/aromatic N) is 2. The Bertz CT molecular complexity index is 1050. The molecule has 2 heterocycles. The van der Waals surface area contributed by atoms with Crippen LogP contribution in [-0.2, 0) is 4.79 Å². The summed E-state index contributed by atoms with van der Waals surface area (Å²) in [6, 6.07) is 12.3. The Kier molecular flexibility index (Phi) is 3.99. The van der Waals surface area contributed by atoms with Gasteiger partial charge in [-0.25, -0.2) is 4.98 Å². The molecule has 0 bridgehead atoms. The highest BCUT2D eigenvalue weighted by molar-refractivity contribution is 6.22. The number of rotatable bonds is 4. The van der Waals surface area contributed by atoms with Gasteiger partial charge < -0.3 is 10.3 Å². The SMILES string of the molecule is Cc1ccc2c(c1)C(=O)N(CC(=O)NC(C)c1nc3ccccc3[nH]1)C2=O. The van der Waals surface area contributed by atoms with Crippen molar-refractivity contribution in [2.45, 2.75) is 19.9 Å². The van der Waals surface area contributed by atoms with E-state index in [0.717, 1.165) is 21.5 Å². The number of hydrogen-bond acceptors (Lipinski definition) is 4. The third kappa shape index (κ3) is 2.97. The molecule has 0 saturated carbocycles. The first kappa shape index (κ1) is 17.0. The molecule has 0 fully saturated rings. The van der Waals surface area contributed by atoms with Gasteiger partial charge in [0.15, 0.2) is 0 Å². The summed E-state index contributed by atoms with van der Waals surface area (Å²) in [4.78, 5) is 45.9. The third-order valence-electron chi connectivity index (χ3n) is 4.62. The number of carbonyl (C=O) groups excluding carboxylic acids is 3. The Hall–Kier alpha value is -3.48. The van der Waals surface area contributed by atoms with Crippen molar-refractivity contribution in [2.75, 3.05) is 6.54 Å². The van der Waals surface area contributed by atoms with Crippen LogP contribution in [0.2, 0.25) is 0 Å². The van der Waals surface area contributed by atoms with E-state index in [1.54, 1.807) is 25.1 Å². The summed E-state index contributed by atoms with van der Waals surface area (Å²) in [5.74, 6) is -0.691. The molecule has 0 spiro atoms. The topological polar surface area (TPSA) is 95.2 Å². The minimum Gasteiger partial charge on any atom is -0.345 e. The van der Waals surface area contributed by atoms with E-state index in [1.807, 2.05) is 31.2 Å². The molecule has 3 aromatic rings. The van der Waals surface area contributed by atoms with Gasteiger partial charge in [0.1, 0.15) is 12.4 Å². The lowest BCUT2D eigenvalue weighted by atomic mass is 10.1. The van der Waals surface area contributed by atoms with E-state index in [1.165, 1.54) is 0 Å². The highest BCUT2D eigenvalue weighted by Gasteiger charge is 2.36. The van der Waals surface area contributed by atoms with Gasteiger partial charge in [-0.15, -0.1) is 0 Å². The number of fused-ring (bicyclic) bond motifs is 2. The van der Waals surface area contributed by atoms with E-state index in [9.17, 15) is 14.4 Å². The molecule has 7 nitrogen and oxygen atoms in total. The standard InChI is InChI=1S/C20H18N4O3/c1-11-7-8-13-14(9-11)20(27)24(19(13)26)10-17(25)21-12(2)18-22-15-5-3-4-6-16(15)23-18/h3-9,12H,10H2,1-2H3,(H,21,25)(H,22,23). The first-order valence-electron chi connectivity index (χ1n) is 8.65. The van der Waals surface area contributed by atoms with E-state index in [-0.39, 0.29) is 12.6 Å². The normalized spacial score (nSPS) is 14.5. The van der Waals surface area contributed by atoms with Crippen molar-refractivity contribution in [3.05, 3.63) is 65.0 Å². The highest BCUT2D eigenvalue weighted by atomic mass is 16.2. The summed E-state index contributed by atoms with van der Waals surface area (Å²) in [5, 5.41) is 2.78. The number of imidazole rings is 1. The van der Waals surface area contributed by atoms with Gasteiger partial charge in [-0.3, -0.25) is 19.3 Å². The summed E-state index contributed by atoms with van der Waals surface area (Å²) >= 11 is 0. The monoisotopic (exact) mass is 362 g/mol. The fourth-order valence-corrected chi connectivity index (χ4v) is 3.22. The molecule has 1 unspecified atom stereocenters. The highest BCUT2D eigenvalue weighted by Crippen LogP contribution is 2.23. The summed E-state index contributed by atoms with van der Waals surface area (Å²) in [5.41, 5.74) is 3.26. The van der Waals surface area contributed by atoms with Gasteiger partial charge in [0.05, 0.1) is 28.2 Å². The molecule has 2 aromatic carbocycles. The van der Waals surface area contributed by atoms with Crippen molar-refractivity contribution in [1.29, 1.82) is 0 Å². The van der Waals surface area contributed by atoms with E-state index < -0.39 is 17.7 Å². The fourth-order valence-electron chi connectivity index (χ4n) is 3.22. The molecule has 0 saturated heterocycles. The van der Waals surface area contributed by atoms with Crippen molar-refractivity contribution in [1.82, 2.24) is 20.2 Å². The zero-order valence-corrected chi connectivity index (χ0v) is 14.9. The smallest absolute Gasteiger partial charge is 0.262 e. The molecule has 1 aliphatic rings. The Balaban J connectivity index is 1.46. The fraction of sp³-hybridized carbons (Fsp3) is 0.200. The lowest BCUT2D eigenvalue weighted by molar-refractivity contribution is -0.122. The Morgan fingerprint density at radius 1 is 1.15 bits per heavy atom. The number of hydrogen-bond donors (Lipinski definition) is 2. The van der Waals surface area contributed by atoms with Crippen LogP contribution in [0.25, 0.3) is 11.0 Å². The van der Waals surface area contributed by atoms with Crippen molar-refractivity contribution < 1.29 is 14.4 Å². The average Bonchev–Trinajstić information content (AvgIpc) is 3.17. The summed E-state index contributed by atoms with van der Waals surface area (Å²) in [6.45, 7) is 3.32. The van der Waals surface area contributed by atoms with Gasteiger partial charge in [0.2, 0.25) is 5.91 Å². The molecular formula is C20H18N4O3. The van der Waals surface area contributed by atoms with Gasteiger partial charge in [0, 0.05) is 0 Å². The number of para-hydroxylation sites is 2. The quantitative estimate of drug-likeness (QED) is 0.697. The summed E-state index contributed by atoms with van der Waals surface area (Å²) in [6.07, 6.45) is 0. The second-order valence-corrected chi connectivity index (χ2v) is 6.67. The van der Waals surface area contributed by atoms with Crippen LogP contribution in [-0.4, -0.2) is 39.1 Å². The zero-order chi connectivity index (χ0) is 19.1. The number of aromatic amines is 1. The number of aromatic nitrogens is 2. The lowest BCUT2D eigenvalue weighted by Crippen LogP contribution is -2.41. The number of H-pyrrole nitrogens is 1. The minimum atomic E-state index is -0.443. The summed E-state index contributed by atoms with van der Waals surface area (Å²) < 4.78 is 0. The number of benzene rings is 2. The second kappa shape index (κ2) is 6.35. The zero-order valence-electron chi connectivity index (χ0n) is 14.9. The Labute approximate surface area is 155 Å². The maximum Gasteiger partial charge on any atom is 0.262 e. The number of nitrogens with one attached hydrogen (secondary N) is 2. The molecule has 1 aromatic heterocycles. The lowest BCUT2D eigenvalue weighted by Gasteiger charge is -2.16. The number of aryl methyl sites for hydroxylation is 1. The molecule has 0 aliphatic carbocycles. The number of imide groups is 1. The maximum atomic E-state index is 12.5. The molecule has 136 valence electrons. The van der Waals surface area contributed by atoms with E-state index in [4.69, 9.17) is 0 Å². The van der Waals surface area contributed by atoms with Gasteiger partial charge in [-0.05, 0) is 38.1 Å². The molecule has 4 rings (SSSR count). The first-order chi connectivity index (χ1) is 12.9. The third-order valence-corrected chi connectivity index (χ3v) is 4.62. The predicted molar refractivity (Wildman–Crippen MR) is 99.2 cm³/mol. The van der Waals surface area contributed by atoms with Crippen LogP contribution in [0, 0.1) is 6.92 Å². The largest absolute Gasteiger partial charge is 0.345 e. The van der Waals surface area contributed by atoms with Gasteiger partial charge >= 0.3 is 0 Å². The van der Waals surface area contributed by atoms with Crippen molar-refractivity contribution in [3.63, 3.8) is 0 Å². The second-order valence-electron chi connectivity index (χ2n) is 6.67. The van der Waals surface area contributed by atoms with E-state index in [2.05, 4.69) is 15.3 Å². The van der Waals surface area contributed by atoms with E-state index in [0.29, 0.717) is 17.0 Å². The first-order valence-corrected chi connectivity index (χ1v) is 8.65. The van der Waals surface area contributed by atoms with Crippen molar-refractivity contribution >= 4 is 28.8 Å². The number of carbonyl (C=O) groups is 3. The molecule has 2 N–H and O–H groups in total. The molecule has 0 radical (unpaired) electrons. The average molecular weight is 362 g/mol. The Morgan fingerprint density at radius 3 is 2.67 bits per heavy atom. The van der Waals surface area contributed by atoms with Crippen LogP contribution in [0.15, 0.2) is 42.5 Å². The van der Waals surface area contributed by atoms with Crippen LogP contribution < -0.4 is 5.32 Å². The molecule has 1 atom stereocenters. The molecule has 1 aliphatic heterocycles. The van der Waals surface area contributed by atoms with Crippen LogP contribution >= 0.6 is 0 Å². The summed E-state index contributed by atoms with van der Waals surface area (Å²) in [7, 11) is 0. The molecular weight excluding hydrogens is 344 g/mol. The van der Waals surface area contributed by atoms with Crippen molar-refractivity contribution in [2.24, 2.45) is 0 Å². The van der Waals surface area contributed by atoms with Crippen LogP contribution in [0.1, 0.15) is 45.1 Å². The van der Waals surface area contributed by atoms with Gasteiger partial charge in [0.25, 0.3) is 11.8 Å². The molecule has 27 heavy (non-hydrogen) atoms. The van der Waals surface area contributed by atoms with Crippen LogP contribution in [0.4, 0.5) is 0 Å². The number of amides is 3. The van der Waals surface area contributed by atoms with Crippen LogP contribution in [0.5, 0.6) is 0 Å². The maximum absolute atomic E-state index is 12.5. The minimum absolute atomic E-state index is 0.323. The Morgan fingerprint density at radius 2 is 1.89 bits per heavy atom. The van der Waals surface area contributed by atoms with E-state index >= 15 is 0 Å². The van der Waals surface area contributed by atoms with Crippen LogP contribution in [0.3, 0.4) is 0 Å². The van der Waals surface area contributed by atoms with Gasteiger partial charge in [-0.2, -0.15) is 0 Å². The molecule has 7 heteroatoms. The molecule has 3 amide bonds.